The number of rotatable bonds is 7. The van der Waals surface area contributed by atoms with Crippen molar-refractivity contribution in [3.05, 3.63) is 29.8 Å². The first-order chi connectivity index (χ1) is 9.31. The molecule has 1 N–H and O–H groups in total. The van der Waals surface area contributed by atoms with Crippen molar-refractivity contribution in [3.8, 4) is 5.75 Å². The van der Waals surface area contributed by atoms with E-state index < -0.39 is 0 Å². The van der Waals surface area contributed by atoms with Crippen molar-refractivity contribution in [3.63, 3.8) is 0 Å². The van der Waals surface area contributed by atoms with Gasteiger partial charge in [0.05, 0.1) is 6.61 Å². The van der Waals surface area contributed by atoms with Crippen LogP contribution in [-0.2, 0) is 11.3 Å². The van der Waals surface area contributed by atoms with Crippen LogP contribution in [0, 0.1) is 5.92 Å². The van der Waals surface area contributed by atoms with Gasteiger partial charge in [-0.3, -0.25) is 4.90 Å². The number of aliphatic hydroxyl groups excluding tert-OH is 1. The van der Waals surface area contributed by atoms with Crippen LogP contribution in [0.15, 0.2) is 24.3 Å². The Morgan fingerprint density at radius 3 is 3.00 bits per heavy atom. The second kappa shape index (κ2) is 7.48. The Labute approximate surface area is 114 Å². The summed E-state index contributed by atoms with van der Waals surface area (Å²) in [6.07, 6.45) is 1.10. The van der Waals surface area contributed by atoms with Gasteiger partial charge in [0.15, 0.2) is 0 Å². The van der Waals surface area contributed by atoms with Crippen molar-refractivity contribution >= 4 is 0 Å². The zero-order chi connectivity index (χ0) is 13.5. The standard InChI is InChI=1S/C15H23NO3/c1-18-7-8-19-15-4-2-3-13(9-15)10-16-6-5-14(11-16)12-17/h2-4,9,14,17H,5-8,10-12H2,1H3. The van der Waals surface area contributed by atoms with E-state index in [0.29, 0.717) is 25.7 Å². The Morgan fingerprint density at radius 1 is 1.37 bits per heavy atom. The summed E-state index contributed by atoms with van der Waals surface area (Å²) < 4.78 is 10.6. The molecular weight excluding hydrogens is 242 g/mol. The molecule has 2 rings (SSSR count). The van der Waals surface area contributed by atoms with Crippen LogP contribution in [0.1, 0.15) is 12.0 Å². The minimum Gasteiger partial charge on any atom is -0.491 e. The first-order valence-corrected chi connectivity index (χ1v) is 6.85. The second-order valence-electron chi connectivity index (χ2n) is 5.06. The van der Waals surface area contributed by atoms with E-state index in [1.54, 1.807) is 7.11 Å². The molecule has 1 aliphatic rings. The highest BCUT2D eigenvalue weighted by molar-refractivity contribution is 5.28. The van der Waals surface area contributed by atoms with Gasteiger partial charge in [-0.05, 0) is 36.6 Å². The SMILES string of the molecule is COCCOc1cccc(CN2CCC(CO)C2)c1. The highest BCUT2D eigenvalue weighted by atomic mass is 16.5. The molecule has 1 aromatic rings. The molecule has 1 heterocycles. The molecule has 1 saturated heterocycles. The first kappa shape index (κ1) is 14.3. The summed E-state index contributed by atoms with van der Waals surface area (Å²) in [7, 11) is 1.67. The van der Waals surface area contributed by atoms with Crippen LogP contribution in [-0.4, -0.2) is 50.0 Å². The van der Waals surface area contributed by atoms with E-state index in [1.807, 2.05) is 12.1 Å². The molecule has 0 radical (unpaired) electrons. The summed E-state index contributed by atoms with van der Waals surface area (Å²) in [6, 6.07) is 8.20. The molecular formula is C15H23NO3. The van der Waals surface area contributed by atoms with Gasteiger partial charge >= 0.3 is 0 Å². The van der Waals surface area contributed by atoms with E-state index in [9.17, 15) is 0 Å². The van der Waals surface area contributed by atoms with E-state index in [-0.39, 0.29) is 0 Å². The number of methoxy groups -OCH3 is 1. The summed E-state index contributed by atoms with van der Waals surface area (Å²) in [5.41, 5.74) is 1.26. The Hall–Kier alpha value is -1.10. The second-order valence-corrected chi connectivity index (χ2v) is 5.06. The summed E-state index contributed by atoms with van der Waals surface area (Å²) in [5, 5.41) is 9.16. The topological polar surface area (TPSA) is 41.9 Å². The molecule has 0 aliphatic carbocycles. The Bertz CT molecular complexity index is 383. The van der Waals surface area contributed by atoms with Crippen LogP contribution < -0.4 is 4.74 Å². The number of likely N-dealkylation sites (tertiary alicyclic amines) is 1. The minimum absolute atomic E-state index is 0.302. The van der Waals surface area contributed by atoms with Crippen LogP contribution in [0.25, 0.3) is 0 Å². The van der Waals surface area contributed by atoms with Gasteiger partial charge in [0, 0.05) is 26.8 Å². The molecule has 1 unspecified atom stereocenters. The van der Waals surface area contributed by atoms with Gasteiger partial charge in [0.2, 0.25) is 0 Å². The lowest BCUT2D eigenvalue weighted by molar-refractivity contribution is 0.146. The highest BCUT2D eigenvalue weighted by Gasteiger charge is 2.21. The van der Waals surface area contributed by atoms with Crippen LogP contribution in [0.5, 0.6) is 5.75 Å². The van der Waals surface area contributed by atoms with Gasteiger partial charge in [-0.15, -0.1) is 0 Å². The van der Waals surface area contributed by atoms with Crippen molar-refractivity contribution in [2.24, 2.45) is 5.92 Å². The maximum absolute atomic E-state index is 9.16. The largest absolute Gasteiger partial charge is 0.491 e. The predicted molar refractivity (Wildman–Crippen MR) is 74.3 cm³/mol. The van der Waals surface area contributed by atoms with Gasteiger partial charge in [-0.2, -0.15) is 0 Å². The third-order valence-electron chi connectivity index (χ3n) is 3.49. The zero-order valence-corrected chi connectivity index (χ0v) is 11.5. The molecule has 1 aliphatic heterocycles. The maximum atomic E-state index is 9.16. The lowest BCUT2D eigenvalue weighted by Crippen LogP contribution is -2.21. The van der Waals surface area contributed by atoms with E-state index in [1.165, 1.54) is 5.56 Å². The molecule has 19 heavy (non-hydrogen) atoms. The number of aliphatic hydroxyl groups is 1. The Kier molecular flexibility index (Phi) is 5.63. The monoisotopic (exact) mass is 265 g/mol. The molecule has 0 spiro atoms. The van der Waals surface area contributed by atoms with Gasteiger partial charge in [0.25, 0.3) is 0 Å². The molecule has 0 aromatic heterocycles. The average molecular weight is 265 g/mol. The van der Waals surface area contributed by atoms with Crippen LogP contribution in [0.4, 0.5) is 0 Å². The van der Waals surface area contributed by atoms with Crippen molar-refractivity contribution in [2.45, 2.75) is 13.0 Å². The molecule has 1 aromatic carbocycles. The summed E-state index contributed by atoms with van der Waals surface area (Å²) in [6.45, 7) is 4.48. The number of benzene rings is 1. The first-order valence-electron chi connectivity index (χ1n) is 6.85. The fourth-order valence-electron chi connectivity index (χ4n) is 2.44. The van der Waals surface area contributed by atoms with Crippen molar-refractivity contribution < 1.29 is 14.6 Å². The molecule has 1 fully saturated rings. The minimum atomic E-state index is 0.302. The number of hydrogen-bond acceptors (Lipinski definition) is 4. The van der Waals surface area contributed by atoms with Crippen molar-refractivity contribution in [2.75, 3.05) is 40.0 Å². The maximum Gasteiger partial charge on any atom is 0.119 e. The summed E-state index contributed by atoms with van der Waals surface area (Å²) in [4.78, 5) is 2.38. The normalized spacial score (nSPS) is 19.8. The van der Waals surface area contributed by atoms with Gasteiger partial charge in [0.1, 0.15) is 12.4 Å². The summed E-state index contributed by atoms with van der Waals surface area (Å²) >= 11 is 0. The third kappa shape index (κ3) is 4.49. The molecule has 0 bridgehead atoms. The molecule has 0 saturated carbocycles. The molecule has 4 nitrogen and oxygen atoms in total. The summed E-state index contributed by atoms with van der Waals surface area (Å²) in [5.74, 6) is 1.34. The highest BCUT2D eigenvalue weighted by Crippen LogP contribution is 2.20. The number of hydrogen-bond donors (Lipinski definition) is 1. The van der Waals surface area contributed by atoms with E-state index in [4.69, 9.17) is 14.6 Å². The predicted octanol–water partition coefficient (Wildman–Crippen LogP) is 1.53. The smallest absolute Gasteiger partial charge is 0.119 e. The van der Waals surface area contributed by atoms with E-state index in [0.717, 1.165) is 31.8 Å². The Morgan fingerprint density at radius 2 is 2.26 bits per heavy atom. The zero-order valence-electron chi connectivity index (χ0n) is 11.5. The molecule has 106 valence electrons. The Balaban J connectivity index is 1.85. The fraction of sp³-hybridized carbons (Fsp3) is 0.600. The lowest BCUT2D eigenvalue weighted by Gasteiger charge is -2.16. The van der Waals surface area contributed by atoms with Crippen LogP contribution in [0.2, 0.25) is 0 Å². The average Bonchev–Trinajstić information content (AvgIpc) is 2.87. The van der Waals surface area contributed by atoms with E-state index >= 15 is 0 Å². The van der Waals surface area contributed by atoms with Crippen molar-refractivity contribution in [1.29, 1.82) is 0 Å². The number of nitrogens with zero attached hydrogens (tertiary/aromatic N) is 1. The van der Waals surface area contributed by atoms with Crippen molar-refractivity contribution in [1.82, 2.24) is 4.90 Å². The molecule has 0 amide bonds. The third-order valence-corrected chi connectivity index (χ3v) is 3.49. The quantitative estimate of drug-likeness (QED) is 0.759. The van der Waals surface area contributed by atoms with Crippen LogP contribution in [0.3, 0.4) is 0 Å². The molecule has 1 atom stereocenters. The van der Waals surface area contributed by atoms with Gasteiger partial charge in [-0.1, -0.05) is 12.1 Å². The van der Waals surface area contributed by atoms with Gasteiger partial charge < -0.3 is 14.6 Å². The fourth-order valence-corrected chi connectivity index (χ4v) is 2.44. The number of ether oxygens (including phenoxy) is 2. The molecule has 4 heteroatoms. The van der Waals surface area contributed by atoms with Gasteiger partial charge in [-0.25, -0.2) is 0 Å². The van der Waals surface area contributed by atoms with Crippen LogP contribution >= 0.6 is 0 Å². The lowest BCUT2D eigenvalue weighted by atomic mass is 10.1. The van der Waals surface area contributed by atoms with E-state index in [2.05, 4.69) is 17.0 Å².